The molecule has 0 saturated carbocycles. The summed E-state index contributed by atoms with van der Waals surface area (Å²) < 4.78 is 40.6. The molecule has 36 heavy (non-hydrogen) atoms. The third-order valence-electron chi connectivity index (χ3n) is 5.10. The molecule has 0 fully saturated rings. The van der Waals surface area contributed by atoms with Gasteiger partial charge in [0.2, 0.25) is 0 Å². The number of halogens is 3. The molecule has 0 atom stereocenters. The molecule has 2 aromatic heterocycles. The zero-order chi connectivity index (χ0) is 26.0. The lowest BCUT2D eigenvalue weighted by Crippen LogP contribution is -2.16. The van der Waals surface area contributed by atoms with Crippen molar-refractivity contribution in [2.75, 3.05) is 16.0 Å². The highest BCUT2D eigenvalue weighted by Crippen LogP contribution is 2.29. The van der Waals surface area contributed by atoms with Crippen molar-refractivity contribution < 1.29 is 27.9 Å². The first-order valence-electron chi connectivity index (χ1n) is 10.4. The molecule has 4 aromatic rings. The normalized spacial score (nSPS) is 10.7. The molecule has 0 aliphatic carbocycles. The lowest BCUT2D eigenvalue weighted by molar-refractivity contribution is 0.101. The zero-order valence-electron chi connectivity index (χ0n) is 18.8. The predicted octanol–water partition coefficient (Wildman–Crippen LogP) is 5.53. The Hall–Kier alpha value is -4.45. The quantitative estimate of drug-likeness (QED) is 0.270. The van der Waals surface area contributed by atoms with Crippen LogP contribution in [-0.2, 0) is 0 Å². The van der Waals surface area contributed by atoms with E-state index >= 15 is 0 Å². The number of carbonyl (C=O) groups is 2. The van der Waals surface area contributed by atoms with E-state index in [1.807, 2.05) is 6.92 Å². The van der Waals surface area contributed by atoms with Crippen LogP contribution < -0.4 is 16.0 Å². The molecular weight excluding hydrogens is 495 g/mol. The Balaban J connectivity index is 1.40. The van der Waals surface area contributed by atoms with Gasteiger partial charge in [-0.05, 0) is 37.6 Å². The fourth-order valence-electron chi connectivity index (χ4n) is 3.24. The molecule has 0 radical (unpaired) electrons. The van der Waals surface area contributed by atoms with E-state index in [0.717, 1.165) is 16.9 Å². The maximum atomic E-state index is 13.8. The number of amides is 2. The summed E-state index contributed by atoms with van der Waals surface area (Å²) in [6, 6.07) is 6.99. The topological polar surface area (TPSA) is 116 Å². The number of hydrogen-bond acceptors (Lipinski definition) is 7. The average Bonchev–Trinajstić information content (AvgIpc) is 3.28. The molecule has 8 nitrogen and oxygen atoms in total. The number of rotatable bonds is 6. The summed E-state index contributed by atoms with van der Waals surface area (Å²) in [5.41, 5.74) is 1.09. The second kappa shape index (κ2) is 10.0. The van der Waals surface area contributed by atoms with Crippen molar-refractivity contribution in [1.29, 1.82) is 0 Å². The highest BCUT2D eigenvalue weighted by molar-refractivity contribution is 7.17. The molecule has 12 heteroatoms. The standard InChI is InChI=1S/C24H18F3N5O3S/c1-11-3-5-17(33)12(2)21(11)32-22(34)18-10-29-24(36-18)31-19-6-4-14(9-28-19)30-23(35)20-15(26)7-13(25)8-16(20)27/h3-10,33H,1-2H3,(H,30,35)(H,32,34)(H,28,29,31). The molecule has 184 valence electrons. The number of nitrogens with zero attached hydrogens (tertiary/aromatic N) is 2. The lowest BCUT2D eigenvalue weighted by Gasteiger charge is -2.11. The minimum atomic E-state index is -1.32. The van der Waals surface area contributed by atoms with Crippen molar-refractivity contribution >= 4 is 45.5 Å². The highest BCUT2D eigenvalue weighted by atomic mass is 32.1. The molecule has 2 aromatic carbocycles. The average molecular weight is 514 g/mol. The van der Waals surface area contributed by atoms with Crippen LogP contribution in [0.3, 0.4) is 0 Å². The van der Waals surface area contributed by atoms with Gasteiger partial charge in [-0.1, -0.05) is 17.4 Å². The van der Waals surface area contributed by atoms with Gasteiger partial charge in [-0.15, -0.1) is 0 Å². The minimum absolute atomic E-state index is 0.0706. The Morgan fingerprint density at radius 3 is 2.31 bits per heavy atom. The molecule has 0 spiro atoms. The van der Waals surface area contributed by atoms with Gasteiger partial charge in [-0.25, -0.2) is 23.1 Å². The first-order chi connectivity index (χ1) is 17.1. The van der Waals surface area contributed by atoms with Crippen LogP contribution in [0.4, 0.5) is 35.5 Å². The number of hydrogen-bond donors (Lipinski definition) is 4. The van der Waals surface area contributed by atoms with Gasteiger partial charge in [0.15, 0.2) is 5.13 Å². The zero-order valence-corrected chi connectivity index (χ0v) is 19.6. The summed E-state index contributed by atoms with van der Waals surface area (Å²) in [5.74, 6) is -4.88. The van der Waals surface area contributed by atoms with Crippen LogP contribution in [-0.4, -0.2) is 26.9 Å². The van der Waals surface area contributed by atoms with Crippen molar-refractivity contribution in [1.82, 2.24) is 9.97 Å². The van der Waals surface area contributed by atoms with Crippen LogP contribution in [0.15, 0.2) is 48.8 Å². The number of phenols is 1. The Morgan fingerprint density at radius 1 is 0.917 bits per heavy atom. The first kappa shape index (κ1) is 24.7. The number of aromatic nitrogens is 2. The molecule has 0 aliphatic rings. The highest BCUT2D eigenvalue weighted by Gasteiger charge is 2.19. The van der Waals surface area contributed by atoms with Crippen molar-refractivity contribution in [3.63, 3.8) is 0 Å². The second-order valence-electron chi connectivity index (χ2n) is 7.64. The molecule has 0 saturated heterocycles. The van der Waals surface area contributed by atoms with Gasteiger partial charge in [0, 0.05) is 17.7 Å². The summed E-state index contributed by atoms with van der Waals surface area (Å²) in [5, 5.41) is 18.2. The van der Waals surface area contributed by atoms with Gasteiger partial charge in [-0.2, -0.15) is 0 Å². The number of thiazole rings is 1. The maximum absolute atomic E-state index is 13.8. The molecule has 2 amide bonds. The summed E-state index contributed by atoms with van der Waals surface area (Å²) in [7, 11) is 0. The first-order valence-corrected chi connectivity index (χ1v) is 11.2. The van der Waals surface area contributed by atoms with Gasteiger partial charge >= 0.3 is 0 Å². The van der Waals surface area contributed by atoms with E-state index in [-0.39, 0.29) is 11.4 Å². The number of pyridine rings is 1. The monoisotopic (exact) mass is 513 g/mol. The van der Waals surface area contributed by atoms with Gasteiger partial charge in [0.25, 0.3) is 11.8 Å². The van der Waals surface area contributed by atoms with Crippen molar-refractivity contribution in [2.45, 2.75) is 13.8 Å². The number of anilines is 4. The van der Waals surface area contributed by atoms with Crippen molar-refractivity contribution in [2.24, 2.45) is 0 Å². The summed E-state index contributed by atoms with van der Waals surface area (Å²) in [6.45, 7) is 3.51. The van der Waals surface area contributed by atoms with Gasteiger partial charge < -0.3 is 21.1 Å². The predicted molar refractivity (Wildman–Crippen MR) is 129 cm³/mol. The van der Waals surface area contributed by atoms with E-state index in [0.29, 0.717) is 39.2 Å². The summed E-state index contributed by atoms with van der Waals surface area (Å²) >= 11 is 1.07. The second-order valence-corrected chi connectivity index (χ2v) is 8.67. The van der Waals surface area contributed by atoms with Crippen LogP contribution in [0.1, 0.15) is 31.2 Å². The fourth-order valence-corrected chi connectivity index (χ4v) is 3.96. The number of phenolic OH excluding ortho intramolecular Hbond substituents is 1. The van der Waals surface area contributed by atoms with Gasteiger partial charge in [0.1, 0.15) is 39.5 Å². The van der Waals surface area contributed by atoms with E-state index < -0.39 is 34.8 Å². The molecule has 4 rings (SSSR count). The largest absolute Gasteiger partial charge is 0.508 e. The van der Waals surface area contributed by atoms with Crippen LogP contribution in [0.5, 0.6) is 5.75 Å². The van der Waals surface area contributed by atoms with E-state index in [4.69, 9.17) is 0 Å². The van der Waals surface area contributed by atoms with Crippen LogP contribution in [0, 0.1) is 31.3 Å². The number of carbonyl (C=O) groups excluding carboxylic acids is 2. The number of aromatic hydroxyl groups is 1. The fraction of sp³-hybridized carbons (Fsp3) is 0.0833. The summed E-state index contributed by atoms with van der Waals surface area (Å²) in [4.78, 5) is 33.4. The van der Waals surface area contributed by atoms with Crippen LogP contribution in [0.2, 0.25) is 0 Å². The Bertz CT molecular complexity index is 1450. The lowest BCUT2D eigenvalue weighted by atomic mass is 10.1. The SMILES string of the molecule is Cc1ccc(O)c(C)c1NC(=O)c1cnc(Nc2ccc(NC(=O)c3c(F)cc(F)cc3F)cn2)s1. The van der Waals surface area contributed by atoms with Gasteiger partial charge in [-0.3, -0.25) is 9.59 Å². The Morgan fingerprint density at radius 2 is 1.64 bits per heavy atom. The molecular formula is C24H18F3N5O3S. The van der Waals surface area contributed by atoms with E-state index in [2.05, 4.69) is 25.9 Å². The van der Waals surface area contributed by atoms with Crippen molar-refractivity contribution in [3.8, 4) is 5.75 Å². The maximum Gasteiger partial charge on any atom is 0.267 e. The molecule has 2 heterocycles. The van der Waals surface area contributed by atoms with Crippen molar-refractivity contribution in [3.05, 3.63) is 87.8 Å². The van der Waals surface area contributed by atoms with E-state index in [1.165, 1.54) is 24.5 Å². The smallest absolute Gasteiger partial charge is 0.267 e. The van der Waals surface area contributed by atoms with Crippen LogP contribution >= 0.6 is 11.3 Å². The Labute approximate surface area is 206 Å². The van der Waals surface area contributed by atoms with E-state index in [9.17, 15) is 27.9 Å². The molecule has 4 N–H and O–H groups in total. The number of nitrogens with one attached hydrogen (secondary N) is 3. The summed E-state index contributed by atoms with van der Waals surface area (Å²) in [6.07, 6.45) is 2.63. The third kappa shape index (κ3) is 5.28. The molecule has 0 unspecified atom stereocenters. The Kier molecular flexibility index (Phi) is 6.88. The minimum Gasteiger partial charge on any atom is -0.508 e. The molecule has 0 aliphatic heterocycles. The van der Waals surface area contributed by atoms with E-state index in [1.54, 1.807) is 19.1 Å². The number of benzene rings is 2. The van der Waals surface area contributed by atoms with Crippen LogP contribution in [0.25, 0.3) is 0 Å². The number of aryl methyl sites for hydroxylation is 1. The molecule has 0 bridgehead atoms. The van der Waals surface area contributed by atoms with Gasteiger partial charge in [0.05, 0.1) is 23.8 Å². The third-order valence-corrected chi connectivity index (χ3v) is 6.01.